The van der Waals surface area contributed by atoms with Gasteiger partial charge in [-0.1, -0.05) is 30.3 Å². The highest BCUT2D eigenvalue weighted by Crippen LogP contribution is 2.41. The van der Waals surface area contributed by atoms with Crippen LogP contribution in [0.4, 0.5) is 0 Å². The Bertz CT molecular complexity index is 1050. The zero-order valence-electron chi connectivity index (χ0n) is 17.8. The van der Waals surface area contributed by atoms with E-state index < -0.39 is 11.9 Å². The number of pyridine rings is 1. The molecular weight excluding hydrogens is 398 g/mol. The first kappa shape index (κ1) is 21.1. The molecule has 1 atom stereocenters. The highest BCUT2D eigenvalue weighted by atomic mass is 16.5. The van der Waals surface area contributed by atoms with Gasteiger partial charge in [-0.2, -0.15) is 0 Å². The lowest BCUT2D eigenvalue weighted by Crippen LogP contribution is -2.40. The number of rotatable bonds is 5. The Morgan fingerprint density at radius 1 is 1.19 bits per heavy atom. The minimum Gasteiger partial charge on any atom is -0.465 e. The number of hydrogen-bond acceptors (Lipinski definition) is 7. The molecule has 8 heteroatoms. The van der Waals surface area contributed by atoms with Crippen LogP contribution >= 0.6 is 0 Å². The third-order valence-electron chi connectivity index (χ3n) is 5.85. The van der Waals surface area contributed by atoms with Gasteiger partial charge in [0.2, 0.25) is 5.88 Å². The third kappa shape index (κ3) is 4.08. The molecule has 8 nitrogen and oxygen atoms in total. The van der Waals surface area contributed by atoms with Gasteiger partial charge in [0, 0.05) is 37.9 Å². The van der Waals surface area contributed by atoms with E-state index in [-0.39, 0.29) is 17.0 Å². The van der Waals surface area contributed by atoms with Crippen LogP contribution in [0, 0.1) is 6.92 Å². The number of morpholine rings is 1. The van der Waals surface area contributed by atoms with Crippen molar-refractivity contribution < 1.29 is 19.0 Å². The molecule has 31 heavy (non-hydrogen) atoms. The molecule has 4 rings (SSSR count). The Balaban J connectivity index is 1.79. The molecule has 0 radical (unpaired) electrons. The fraction of sp³-hybridized carbons (Fsp3) is 0.391. The molecule has 1 aromatic heterocycles. The van der Waals surface area contributed by atoms with Crippen molar-refractivity contribution in [3.8, 4) is 5.75 Å². The van der Waals surface area contributed by atoms with E-state index in [4.69, 9.17) is 19.9 Å². The summed E-state index contributed by atoms with van der Waals surface area (Å²) in [6.07, 6.45) is 0. The lowest BCUT2D eigenvalue weighted by molar-refractivity contribution is -0.136. The highest BCUT2D eigenvalue weighted by molar-refractivity contribution is 5.92. The smallest absolute Gasteiger partial charge is 0.340 e. The van der Waals surface area contributed by atoms with E-state index in [9.17, 15) is 9.59 Å². The number of nitrogens with two attached hydrogens (primary N) is 1. The Hall–Kier alpha value is -3.10. The van der Waals surface area contributed by atoms with Crippen molar-refractivity contribution in [1.29, 1.82) is 0 Å². The number of esters is 1. The van der Waals surface area contributed by atoms with E-state index in [0.29, 0.717) is 31.1 Å². The number of fused-ring (bicyclic) bond motifs is 1. The van der Waals surface area contributed by atoms with Gasteiger partial charge < -0.3 is 24.5 Å². The molecule has 1 fully saturated rings. The number of hydrogen-bond donors (Lipinski definition) is 1. The van der Waals surface area contributed by atoms with Crippen molar-refractivity contribution in [1.82, 2.24) is 9.47 Å². The molecule has 2 aliphatic rings. The first-order chi connectivity index (χ1) is 15.0. The number of carbonyl (C=O) groups is 1. The first-order valence-corrected chi connectivity index (χ1v) is 10.4. The zero-order chi connectivity index (χ0) is 22.0. The highest BCUT2D eigenvalue weighted by Gasteiger charge is 2.38. The fourth-order valence-electron chi connectivity index (χ4n) is 4.22. The van der Waals surface area contributed by atoms with Crippen LogP contribution in [0.5, 0.6) is 5.75 Å². The number of methoxy groups -OCH3 is 1. The van der Waals surface area contributed by atoms with Crippen molar-refractivity contribution in [2.75, 3.05) is 40.0 Å². The average molecular weight is 425 g/mol. The summed E-state index contributed by atoms with van der Waals surface area (Å²) < 4.78 is 17.9. The summed E-state index contributed by atoms with van der Waals surface area (Å²) in [7, 11) is 1.29. The number of aromatic nitrogens is 1. The number of nitrogens with zero attached hydrogens (tertiary/aromatic N) is 2. The lowest BCUT2D eigenvalue weighted by atomic mass is 9.83. The second-order valence-electron chi connectivity index (χ2n) is 7.69. The molecule has 2 N–H and O–H groups in total. The third-order valence-corrected chi connectivity index (χ3v) is 5.85. The van der Waals surface area contributed by atoms with Gasteiger partial charge in [-0.25, -0.2) is 4.79 Å². The summed E-state index contributed by atoms with van der Waals surface area (Å²) in [5.74, 6) is -0.945. The molecule has 2 aliphatic heterocycles. The SMILES string of the molecule is COC(=O)C1=C(N)Oc2cc(C)n(CCN3CCOCC3)c(=O)c2[C@@H]1c1ccccc1. The van der Waals surface area contributed by atoms with Crippen LogP contribution in [-0.4, -0.2) is 55.4 Å². The molecule has 0 unspecified atom stereocenters. The van der Waals surface area contributed by atoms with Crippen LogP contribution in [0.2, 0.25) is 0 Å². The van der Waals surface area contributed by atoms with Gasteiger partial charge in [0.05, 0.1) is 31.8 Å². The molecule has 0 amide bonds. The summed E-state index contributed by atoms with van der Waals surface area (Å²) in [5, 5.41) is 0. The summed E-state index contributed by atoms with van der Waals surface area (Å²) in [4.78, 5) is 28.6. The molecule has 0 bridgehead atoms. The van der Waals surface area contributed by atoms with Gasteiger partial charge in [0.25, 0.3) is 5.56 Å². The van der Waals surface area contributed by atoms with Crippen LogP contribution in [0.25, 0.3) is 0 Å². The van der Waals surface area contributed by atoms with E-state index in [0.717, 1.165) is 30.9 Å². The van der Waals surface area contributed by atoms with E-state index in [1.807, 2.05) is 43.3 Å². The maximum Gasteiger partial charge on any atom is 0.340 e. The zero-order valence-corrected chi connectivity index (χ0v) is 17.8. The summed E-state index contributed by atoms with van der Waals surface area (Å²) in [6, 6.07) is 11.2. The normalized spacial score (nSPS) is 19.0. The maximum absolute atomic E-state index is 13.7. The molecule has 0 saturated carbocycles. The van der Waals surface area contributed by atoms with E-state index in [1.54, 1.807) is 4.57 Å². The minimum absolute atomic E-state index is 0.0435. The van der Waals surface area contributed by atoms with E-state index in [1.165, 1.54) is 7.11 Å². The number of benzene rings is 1. The van der Waals surface area contributed by atoms with Crippen LogP contribution in [0.1, 0.15) is 22.7 Å². The first-order valence-electron chi connectivity index (χ1n) is 10.4. The molecule has 164 valence electrons. The monoisotopic (exact) mass is 425 g/mol. The molecular formula is C23H27N3O5. The average Bonchev–Trinajstić information content (AvgIpc) is 2.78. The largest absolute Gasteiger partial charge is 0.465 e. The van der Waals surface area contributed by atoms with Gasteiger partial charge >= 0.3 is 5.97 Å². The van der Waals surface area contributed by atoms with Gasteiger partial charge in [0.1, 0.15) is 11.3 Å². The quantitative estimate of drug-likeness (QED) is 0.723. The van der Waals surface area contributed by atoms with Crippen molar-refractivity contribution >= 4 is 5.97 Å². The van der Waals surface area contributed by atoms with Crippen molar-refractivity contribution in [3.05, 3.63) is 75.0 Å². The maximum atomic E-state index is 13.7. The Morgan fingerprint density at radius 2 is 1.90 bits per heavy atom. The molecule has 0 spiro atoms. The van der Waals surface area contributed by atoms with E-state index >= 15 is 0 Å². The molecule has 1 saturated heterocycles. The second-order valence-corrected chi connectivity index (χ2v) is 7.69. The van der Waals surface area contributed by atoms with Gasteiger partial charge in [-0.3, -0.25) is 9.69 Å². The summed E-state index contributed by atoms with van der Waals surface area (Å²) in [5.41, 5.74) is 8.02. The van der Waals surface area contributed by atoms with Crippen molar-refractivity contribution in [2.45, 2.75) is 19.4 Å². The number of ether oxygens (including phenoxy) is 3. The molecule has 1 aromatic carbocycles. The van der Waals surface area contributed by atoms with Gasteiger partial charge in [-0.05, 0) is 12.5 Å². The Morgan fingerprint density at radius 3 is 2.58 bits per heavy atom. The predicted octanol–water partition coefficient (Wildman–Crippen LogP) is 1.36. The molecule has 3 heterocycles. The standard InChI is InChI=1S/C23H27N3O5/c1-15-14-17-19(22(27)26(15)9-8-25-10-12-30-13-11-25)18(16-6-4-3-5-7-16)20(21(24)31-17)23(28)29-2/h3-7,14,18H,8-13,24H2,1-2H3/t18-/m0/s1. The second kappa shape index (κ2) is 8.95. The topological polar surface area (TPSA) is 96.0 Å². The number of aryl methyl sites for hydroxylation is 1. The van der Waals surface area contributed by atoms with Gasteiger partial charge in [-0.15, -0.1) is 0 Å². The fourth-order valence-corrected chi connectivity index (χ4v) is 4.22. The van der Waals surface area contributed by atoms with Crippen LogP contribution in [-0.2, 0) is 20.8 Å². The Kier molecular flexibility index (Phi) is 6.11. The predicted molar refractivity (Wildman–Crippen MR) is 115 cm³/mol. The van der Waals surface area contributed by atoms with Crippen LogP contribution in [0.15, 0.2) is 52.6 Å². The van der Waals surface area contributed by atoms with E-state index in [2.05, 4.69) is 4.90 Å². The number of carbonyl (C=O) groups excluding carboxylic acids is 1. The summed E-state index contributed by atoms with van der Waals surface area (Å²) >= 11 is 0. The lowest BCUT2D eigenvalue weighted by Gasteiger charge is -2.30. The molecule has 2 aromatic rings. The van der Waals surface area contributed by atoms with Crippen LogP contribution < -0.4 is 16.0 Å². The molecule has 0 aliphatic carbocycles. The Labute approximate surface area is 180 Å². The van der Waals surface area contributed by atoms with Crippen LogP contribution in [0.3, 0.4) is 0 Å². The minimum atomic E-state index is -0.667. The van der Waals surface area contributed by atoms with Gasteiger partial charge in [0.15, 0.2) is 0 Å². The summed E-state index contributed by atoms with van der Waals surface area (Å²) in [6.45, 7) is 6.25. The van der Waals surface area contributed by atoms with Crippen molar-refractivity contribution in [3.63, 3.8) is 0 Å². The van der Waals surface area contributed by atoms with Crippen molar-refractivity contribution in [2.24, 2.45) is 5.73 Å².